The first kappa shape index (κ1) is 14.5. The van der Waals surface area contributed by atoms with Gasteiger partial charge < -0.3 is 15.4 Å². The quantitative estimate of drug-likeness (QED) is 0.815. The molecular weight excluding hydrogens is 364 g/mol. The maximum absolute atomic E-state index is 6.09. The lowest BCUT2D eigenvalue weighted by atomic mass is 10.2. The van der Waals surface area contributed by atoms with Gasteiger partial charge in [-0.15, -0.1) is 11.3 Å². The number of nitrogens with zero attached hydrogens (tertiary/aromatic N) is 3. The molecule has 0 amide bonds. The van der Waals surface area contributed by atoms with Crippen molar-refractivity contribution in [1.29, 1.82) is 0 Å². The number of ether oxygens (including phenoxy) is 1. The minimum Gasteiger partial charge on any atom is -0.377 e. The summed E-state index contributed by atoms with van der Waals surface area (Å²) in [4.78, 5) is 12.0. The van der Waals surface area contributed by atoms with Crippen molar-refractivity contribution in [3.63, 3.8) is 0 Å². The van der Waals surface area contributed by atoms with Gasteiger partial charge in [0.2, 0.25) is 5.28 Å². The largest absolute Gasteiger partial charge is 0.377 e. The van der Waals surface area contributed by atoms with Gasteiger partial charge in [-0.1, -0.05) is 0 Å². The van der Waals surface area contributed by atoms with E-state index in [0.29, 0.717) is 19.8 Å². The number of hydrogen-bond acceptors (Lipinski definition) is 6. The van der Waals surface area contributed by atoms with Crippen LogP contribution in [0.4, 0.5) is 5.82 Å². The van der Waals surface area contributed by atoms with Crippen molar-refractivity contribution in [2.24, 2.45) is 5.73 Å². The summed E-state index contributed by atoms with van der Waals surface area (Å²) in [6.07, 6.45) is 0. The van der Waals surface area contributed by atoms with E-state index in [2.05, 4.69) is 37.7 Å². The van der Waals surface area contributed by atoms with E-state index in [0.717, 1.165) is 31.9 Å². The minimum absolute atomic E-state index is 0.258. The van der Waals surface area contributed by atoms with Crippen molar-refractivity contribution < 1.29 is 4.74 Å². The minimum atomic E-state index is 0.258. The molecule has 2 aromatic heterocycles. The molecule has 3 heterocycles. The number of rotatable bonds is 2. The molecule has 8 heteroatoms. The van der Waals surface area contributed by atoms with Gasteiger partial charge in [-0.05, 0) is 34.5 Å². The normalized spacial score (nSPS) is 19.8. The Labute approximate surface area is 134 Å². The first-order valence-corrected chi connectivity index (χ1v) is 8.29. The third kappa shape index (κ3) is 2.42. The molecule has 2 aromatic rings. The number of aromatic nitrogens is 2. The van der Waals surface area contributed by atoms with E-state index >= 15 is 0 Å². The number of anilines is 1. The summed E-state index contributed by atoms with van der Waals surface area (Å²) in [5.74, 6) is 0.876. The van der Waals surface area contributed by atoms with E-state index in [-0.39, 0.29) is 11.3 Å². The topological polar surface area (TPSA) is 64.3 Å². The second kappa shape index (κ2) is 5.73. The highest BCUT2D eigenvalue weighted by molar-refractivity contribution is 9.10. The van der Waals surface area contributed by atoms with Crippen LogP contribution < -0.4 is 10.6 Å². The maximum atomic E-state index is 6.09. The molecule has 0 spiro atoms. The van der Waals surface area contributed by atoms with E-state index in [1.54, 1.807) is 11.3 Å². The smallest absolute Gasteiger partial charge is 0.225 e. The zero-order valence-corrected chi connectivity index (χ0v) is 14.1. The molecule has 1 atom stereocenters. The van der Waals surface area contributed by atoms with Crippen molar-refractivity contribution in [2.45, 2.75) is 19.5 Å². The van der Waals surface area contributed by atoms with Gasteiger partial charge in [0.15, 0.2) is 5.82 Å². The monoisotopic (exact) mass is 376 g/mol. The molecular formula is C12H14BrClN4OS. The first-order valence-electron chi connectivity index (χ1n) is 6.30. The fourth-order valence-corrected chi connectivity index (χ4v) is 4.32. The van der Waals surface area contributed by atoms with E-state index in [1.807, 2.05) is 0 Å². The standard InChI is InChI=1S/C12H14BrClN4OS/c1-6-5-19-3-2-18(6)11-10-9(16-12(14)17-11)8(13)7(4-15)20-10/h6H,2-5,15H2,1H3/t6-/m1/s1. The summed E-state index contributed by atoms with van der Waals surface area (Å²) >= 11 is 11.3. The van der Waals surface area contributed by atoms with E-state index < -0.39 is 0 Å². The third-order valence-corrected chi connectivity index (χ3v) is 5.81. The van der Waals surface area contributed by atoms with Crippen LogP contribution in [-0.2, 0) is 11.3 Å². The van der Waals surface area contributed by atoms with Crippen LogP contribution in [0.15, 0.2) is 4.47 Å². The summed E-state index contributed by atoms with van der Waals surface area (Å²) in [5.41, 5.74) is 6.61. The Bertz CT molecular complexity index is 650. The predicted molar refractivity (Wildman–Crippen MR) is 85.6 cm³/mol. The summed E-state index contributed by atoms with van der Waals surface area (Å²) in [7, 11) is 0. The fraction of sp³-hybridized carbons (Fsp3) is 0.500. The molecule has 108 valence electrons. The van der Waals surface area contributed by atoms with Crippen LogP contribution in [0, 0.1) is 0 Å². The van der Waals surface area contributed by atoms with Crippen LogP contribution in [0.3, 0.4) is 0 Å². The molecule has 1 saturated heterocycles. The van der Waals surface area contributed by atoms with Crippen molar-refractivity contribution in [1.82, 2.24) is 9.97 Å². The van der Waals surface area contributed by atoms with Crippen LogP contribution in [-0.4, -0.2) is 35.8 Å². The lowest BCUT2D eigenvalue weighted by Gasteiger charge is -2.34. The van der Waals surface area contributed by atoms with Gasteiger partial charge in [0.25, 0.3) is 0 Å². The number of thiophene rings is 1. The highest BCUT2D eigenvalue weighted by atomic mass is 79.9. The molecule has 5 nitrogen and oxygen atoms in total. The molecule has 1 fully saturated rings. The Balaban J connectivity index is 2.18. The van der Waals surface area contributed by atoms with Gasteiger partial charge in [-0.25, -0.2) is 4.98 Å². The van der Waals surface area contributed by atoms with Crippen molar-refractivity contribution >= 4 is 54.9 Å². The Morgan fingerprint density at radius 2 is 2.35 bits per heavy atom. The van der Waals surface area contributed by atoms with E-state index in [9.17, 15) is 0 Å². The number of hydrogen-bond donors (Lipinski definition) is 1. The molecule has 0 bridgehead atoms. The molecule has 3 rings (SSSR count). The molecule has 0 aromatic carbocycles. The lowest BCUT2D eigenvalue weighted by Crippen LogP contribution is -2.44. The molecule has 1 aliphatic heterocycles. The molecule has 1 aliphatic rings. The number of halogens is 2. The second-order valence-corrected chi connectivity index (χ2v) is 6.89. The van der Waals surface area contributed by atoms with Gasteiger partial charge >= 0.3 is 0 Å². The van der Waals surface area contributed by atoms with Gasteiger partial charge in [0.05, 0.1) is 28.4 Å². The average Bonchev–Trinajstić information content (AvgIpc) is 2.76. The Morgan fingerprint density at radius 3 is 3.05 bits per heavy atom. The highest BCUT2D eigenvalue weighted by Gasteiger charge is 2.25. The van der Waals surface area contributed by atoms with Crippen molar-refractivity contribution in [3.8, 4) is 0 Å². The van der Waals surface area contributed by atoms with Crippen molar-refractivity contribution in [2.75, 3.05) is 24.7 Å². The first-order chi connectivity index (χ1) is 9.61. The third-order valence-electron chi connectivity index (χ3n) is 3.32. The summed E-state index contributed by atoms with van der Waals surface area (Å²) in [6, 6.07) is 0.264. The van der Waals surface area contributed by atoms with Crippen LogP contribution in [0.1, 0.15) is 11.8 Å². The Kier molecular flexibility index (Phi) is 4.14. The summed E-state index contributed by atoms with van der Waals surface area (Å²) in [5, 5.41) is 0.258. The van der Waals surface area contributed by atoms with E-state index in [4.69, 9.17) is 22.1 Å². The molecule has 0 radical (unpaired) electrons. The Morgan fingerprint density at radius 1 is 1.55 bits per heavy atom. The van der Waals surface area contributed by atoms with Gasteiger partial charge in [0.1, 0.15) is 5.52 Å². The SMILES string of the molecule is C[C@@H]1COCCN1c1nc(Cl)nc2c(Br)c(CN)sc12. The fourth-order valence-electron chi connectivity index (χ4n) is 2.32. The van der Waals surface area contributed by atoms with Crippen LogP contribution in [0.25, 0.3) is 10.2 Å². The second-order valence-electron chi connectivity index (χ2n) is 4.65. The van der Waals surface area contributed by atoms with Gasteiger partial charge in [0, 0.05) is 18.0 Å². The number of fused-ring (bicyclic) bond motifs is 1. The predicted octanol–water partition coefficient (Wildman–Crippen LogP) is 2.79. The van der Waals surface area contributed by atoms with E-state index in [1.165, 1.54) is 0 Å². The molecule has 0 unspecified atom stereocenters. The molecule has 2 N–H and O–H groups in total. The van der Waals surface area contributed by atoms with Crippen LogP contribution in [0.5, 0.6) is 0 Å². The maximum Gasteiger partial charge on any atom is 0.225 e. The number of nitrogens with two attached hydrogens (primary N) is 1. The Hall–Kier alpha value is -0.470. The van der Waals surface area contributed by atoms with Gasteiger partial charge in [-0.3, -0.25) is 0 Å². The van der Waals surface area contributed by atoms with Crippen molar-refractivity contribution in [3.05, 3.63) is 14.6 Å². The summed E-state index contributed by atoms with van der Waals surface area (Å²) in [6.45, 7) is 4.78. The average molecular weight is 378 g/mol. The lowest BCUT2D eigenvalue weighted by molar-refractivity contribution is 0.0987. The molecule has 20 heavy (non-hydrogen) atoms. The molecule has 0 aliphatic carbocycles. The number of morpholine rings is 1. The highest BCUT2D eigenvalue weighted by Crippen LogP contribution is 2.40. The molecule has 0 saturated carbocycles. The zero-order valence-electron chi connectivity index (χ0n) is 10.9. The van der Waals surface area contributed by atoms with Gasteiger partial charge in [-0.2, -0.15) is 4.98 Å². The zero-order chi connectivity index (χ0) is 14.3. The van der Waals surface area contributed by atoms with Crippen LogP contribution >= 0.6 is 38.9 Å². The summed E-state index contributed by atoms with van der Waals surface area (Å²) < 4.78 is 7.43. The van der Waals surface area contributed by atoms with Crippen LogP contribution in [0.2, 0.25) is 5.28 Å².